The highest BCUT2D eigenvalue weighted by molar-refractivity contribution is 5.73. The van der Waals surface area contributed by atoms with E-state index in [1.54, 1.807) is 12.5 Å². The van der Waals surface area contributed by atoms with Gasteiger partial charge in [0.25, 0.3) is 0 Å². The number of rotatable bonds is 10. The molecule has 0 aliphatic rings. The van der Waals surface area contributed by atoms with Gasteiger partial charge < -0.3 is 20.3 Å². The summed E-state index contributed by atoms with van der Waals surface area (Å²) in [6, 6.07) is -0.192. The molecule has 1 aromatic heterocycles. The normalized spacial score (nSPS) is 10.2. The second-order valence-corrected chi connectivity index (χ2v) is 4.54. The summed E-state index contributed by atoms with van der Waals surface area (Å²) in [6.07, 6.45) is 8.74. The van der Waals surface area contributed by atoms with Crippen molar-refractivity contribution in [3.8, 4) is 0 Å². The van der Waals surface area contributed by atoms with Crippen molar-refractivity contribution < 1.29 is 14.7 Å². The van der Waals surface area contributed by atoms with Crippen LogP contribution in [0, 0.1) is 0 Å². The third-order valence-electron chi connectivity index (χ3n) is 2.79. The zero-order valence-electron chi connectivity index (χ0n) is 11.5. The van der Waals surface area contributed by atoms with Crippen LogP contribution in [-0.4, -0.2) is 39.7 Å². The fraction of sp³-hybridized carbons (Fsp3) is 0.615. The van der Waals surface area contributed by atoms with Crippen LogP contribution in [0.5, 0.6) is 0 Å². The van der Waals surface area contributed by atoms with E-state index in [-0.39, 0.29) is 12.5 Å². The zero-order chi connectivity index (χ0) is 14.6. The second kappa shape index (κ2) is 9.82. The number of aromatic nitrogens is 2. The van der Waals surface area contributed by atoms with Gasteiger partial charge in [-0.25, -0.2) is 9.78 Å². The van der Waals surface area contributed by atoms with Crippen molar-refractivity contribution in [3.63, 3.8) is 0 Å². The van der Waals surface area contributed by atoms with Crippen LogP contribution in [0.1, 0.15) is 32.1 Å². The summed E-state index contributed by atoms with van der Waals surface area (Å²) < 4.78 is 2.00. The van der Waals surface area contributed by atoms with Gasteiger partial charge in [-0.05, 0) is 25.7 Å². The number of amides is 2. The van der Waals surface area contributed by atoms with Crippen molar-refractivity contribution in [2.24, 2.45) is 0 Å². The molecule has 0 bridgehead atoms. The number of carboxylic acid groups (broad SMARTS) is 1. The van der Waals surface area contributed by atoms with Gasteiger partial charge in [-0.1, -0.05) is 0 Å². The minimum absolute atomic E-state index is 0.150. The lowest BCUT2D eigenvalue weighted by molar-refractivity contribution is -0.137. The first-order valence-electron chi connectivity index (χ1n) is 6.87. The van der Waals surface area contributed by atoms with Crippen LogP contribution < -0.4 is 10.6 Å². The maximum Gasteiger partial charge on any atom is 0.314 e. The number of carbonyl (C=O) groups is 2. The topological polar surface area (TPSA) is 96.3 Å². The zero-order valence-corrected chi connectivity index (χ0v) is 11.5. The van der Waals surface area contributed by atoms with E-state index < -0.39 is 5.97 Å². The monoisotopic (exact) mass is 282 g/mol. The Bertz CT molecular complexity index is 392. The first-order valence-corrected chi connectivity index (χ1v) is 6.87. The predicted molar refractivity (Wildman–Crippen MR) is 74.3 cm³/mol. The molecule has 1 heterocycles. The fourth-order valence-electron chi connectivity index (χ4n) is 1.71. The summed E-state index contributed by atoms with van der Waals surface area (Å²) in [5.41, 5.74) is 0. The van der Waals surface area contributed by atoms with Crippen LogP contribution in [0.15, 0.2) is 18.7 Å². The van der Waals surface area contributed by atoms with E-state index in [0.29, 0.717) is 25.9 Å². The highest BCUT2D eigenvalue weighted by Crippen LogP contribution is 1.94. The molecule has 0 aliphatic carbocycles. The average molecular weight is 282 g/mol. The summed E-state index contributed by atoms with van der Waals surface area (Å²) >= 11 is 0. The SMILES string of the molecule is O=C(O)CCCCNC(=O)NCCCCn1ccnc1. The predicted octanol–water partition coefficient (Wildman–Crippen LogP) is 1.22. The van der Waals surface area contributed by atoms with Gasteiger partial charge in [-0.3, -0.25) is 4.79 Å². The molecule has 0 fully saturated rings. The Morgan fingerprint density at radius 2 is 1.80 bits per heavy atom. The molecule has 0 aliphatic heterocycles. The Labute approximate surface area is 118 Å². The summed E-state index contributed by atoms with van der Waals surface area (Å²) in [7, 11) is 0. The van der Waals surface area contributed by atoms with Crippen LogP contribution in [0.25, 0.3) is 0 Å². The van der Waals surface area contributed by atoms with Crippen LogP contribution in [0.3, 0.4) is 0 Å². The quantitative estimate of drug-likeness (QED) is 0.562. The number of imidazole rings is 1. The van der Waals surface area contributed by atoms with Gasteiger partial charge >= 0.3 is 12.0 Å². The molecule has 0 saturated carbocycles. The highest BCUT2D eigenvalue weighted by Gasteiger charge is 2.00. The molecule has 112 valence electrons. The molecule has 0 atom stereocenters. The summed E-state index contributed by atoms with van der Waals surface area (Å²) in [5.74, 6) is -0.799. The Balaban J connectivity index is 1.88. The number of nitrogens with one attached hydrogen (secondary N) is 2. The number of carbonyl (C=O) groups excluding carboxylic acids is 1. The summed E-state index contributed by atoms with van der Waals surface area (Å²) in [5, 5.41) is 13.9. The number of urea groups is 1. The van der Waals surface area contributed by atoms with Crippen molar-refractivity contribution in [3.05, 3.63) is 18.7 Å². The molecule has 20 heavy (non-hydrogen) atoms. The number of nitrogens with zero attached hydrogens (tertiary/aromatic N) is 2. The van der Waals surface area contributed by atoms with Crippen molar-refractivity contribution in [2.75, 3.05) is 13.1 Å². The van der Waals surface area contributed by atoms with Gasteiger partial charge in [0.2, 0.25) is 0 Å². The summed E-state index contributed by atoms with van der Waals surface area (Å²) in [6.45, 7) is 2.04. The first-order chi connectivity index (χ1) is 9.68. The van der Waals surface area contributed by atoms with Crippen molar-refractivity contribution in [2.45, 2.75) is 38.6 Å². The molecule has 0 radical (unpaired) electrons. The highest BCUT2D eigenvalue weighted by atomic mass is 16.4. The molecule has 0 aromatic carbocycles. The van der Waals surface area contributed by atoms with E-state index in [9.17, 15) is 9.59 Å². The second-order valence-electron chi connectivity index (χ2n) is 4.54. The first kappa shape index (κ1) is 16.0. The van der Waals surface area contributed by atoms with E-state index in [1.165, 1.54) is 0 Å². The van der Waals surface area contributed by atoms with E-state index in [0.717, 1.165) is 19.4 Å². The van der Waals surface area contributed by atoms with E-state index in [4.69, 9.17) is 5.11 Å². The van der Waals surface area contributed by atoms with Gasteiger partial charge in [0.15, 0.2) is 0 Å². The Kier molecular flexibility index (Phi) is 7.86. The minimum atomic E-state index is -0.799. The summed E-state index contributed by atoms with van der Waals surface area (Å²) in [4.78, 5) is 25.6. The smallest absolute Gasteiger partial charge is 0.314 e. The van der Waals surface area contributed by atoms with Crippen molar-refractivity contribution in [1.82, 2.24) is 20.2 Å². The van der Waals surface area contributed by atoms with Crippen LogP contribution in [-0.2, 0) is 11.3 Å². The van der Waals surface area contributed by atoms with E-state index in [2.05, 4.69) is 15.6 Å². The number of aryl methyl sites for hydroxylation is 1. The molecule has 1 rings (SSSR count). The van der Waals surface area contributed by atoms with Gasteiger partial charge in [0, 0.05) is 38.4 Å². The standard InChI is InChI=1S/C13H22N4O3/c18-12(19)5-1-2-6-15-13(20)16-7-3-4-9-17-10-8-14-11-17/h8,10-11H,1-7,9H2,(H,18,19)(H2,15,16,20). The van der Waals surface area contributed by atoms with Crippen LogP contribution >= 0.6 is 0 Å². The van der Waals surface area contributed by atoms with Gasteiger partial charge in [-0.2, -0.15) is 0 Å². The van der Waals surface area contributed by atoms with Crippen molar-refractivity contribution in [1.29, 1.82) is 0 Å². The maximum atomic E-state index is 11.4. The largest absolute Gasteiger partial charge is 0.481 e. The molecule has 0 spiro atoms. The molecule has 7 heteroatoms. The molecular formula is C13H22N4O3. The van der Waals surface area contributed by atoms with Gasteiger partial charge in [0.1, 0.15) is 0 Å². The third kappa shape index (κ3) is 8.12. The molecule has 2 amide bonds. The molecular weight excluding hydrogens is 260 g/mol. The Morgan fingerprint density at radius 1 is 1.10 bits per heavy atom. The lowest BCUT2D eigenvalue weighted by Crippen LogP contribution is -2.36. The average Bonchev–Trinajstić information content (AvgIpc) is 2.90. The fourth-order valence-corrected chi connectivity index (χ4v) is 1.71. The number of unbranched alkanes of at least 4 members (excludes halogenated alkanes) is 2. The Morgan fingerprint density at radius 3 is 2.40 bits per heavy atom. The van der Waals surface area contributed by atoms with Crippen LogP contribution in [0.4, 0.5) is 4.79 Å². The molecule has 0 unspecified atom stereocenters. The molecule has 7 nitrogen and oxygen atoms in total. The molecule has 3 N–H and O–H groups in total. The lowest BCUT2D eigenvalue weighted by Gasteiger charge is -2.07. The minimum Gasteiger partial charge on any atom is -0.481 e. The maximum absolute atomic E-state index is 11.4. The lowest BCUT2D eigenvalue weighted by atomic mass is 10.2. The van der Waals surface area contributed by atoms with Crippen LogP contribution in [0.2, 0.25) is 0 Å². The third-order valence-corrected chi connectivity index (χ3v) is 2.79. The number of carboxylic acids is 1. The van der Waals surface area contributed by atoms with Crippen molar-refractivity contribution >= 4 is 12.0 Å². The number of hydrogen-bond donors (Lipinski definition) is 3. The Hall–Kier alpha value is -2.05. The van der Waals surface area contributed by atoms with Gasteiger partial charge in [0.05, 0.1) is 6.33 Å². The van der Waals surface area contributed by atoms with E-state index >= 15 is 0 Å². The van der Waals surface area contributed by atoms with E-state index in [1.807, 2.05) is 10.8 Å². The van der Waals surface area contributed by atoms with Gasteiger partial charge in [-0.15, -0.1) is 0 Å². The number of aliphatic carboxylic acids is 1. The molecule has 0 saturated heterocycles. The molecule has 1 aromatic rings. The number of hydrogen-bond acceptors (Lipinski definition) is 3.